The number of nitrogens with one attached hydrogen (secondary N) is 3. The van der Waals surface area contributed by atoms with Gasteiger partial charge in [-0.25, -0.2) is 0 Å². The molecular formula is C32H54N6O6. The minimum Gasteiger partial charge on any atom is -0.388 e. The normalized spacial score (nSPS) is 18.8. The van der Waals surface area contributed by atoms with Crippen LogP contribution in [0.5, 0.6) is 0 Å². The van der Waals surface area contributed by atoms with E-state index in [9.17, 15) is 19.2 Å². The van der Waals surface area contributed by atoms with Crippen LogP contribution >= 0.6 is 0 Å². The second kappa shape index (κ2) is 18.6. The fourth-order valence-electron chi connectivity index (χ4n) is 6.20. The molecule has 7 unspecified atom stereocenters. The first kappa shape index (κ1) is 37.0. The molecule has 0 aliphatic carbocycles. The zero-order chi connectivity index (χ0) is 32.8. The molecule has 12 nitrogen and oxygen atoms in total. The van der Waals surface area contributed by atoms with Gasteiger partial charge in [0.1, 0.15) is 0 Å². The maximum atomic E-state index is 13.8. The number of nitrogens with two attached hydrogens (primary N) is 1. The Bertz CT molecular complexity index is 1060. The van der Waals surface area contributed by atoms with E-state index in [0.717, 1.165) is 24.1 Å². The molecule has 248 valence electrons. The van der Waals surface area contributed by atoms with Crippen molar-refractivity contribution in [1.29, 1.82) is 0 Å². The number of rotatable bonds is 19. The Hall–Kier alpha value is -3.22. The number of methoxy groups -OCH3 is 2. The van der Waals surface area contributed by atoms with E-state index >= 15 is 0 Å². The molecule has 12 heteroatoms. The van der Waals surface area contributed by atoms with Crippen LogP contribution in [0.2, 0.25) is 0 Å². The van der Waals surface area contributed by atoms with Crippen LogP contribution in [0.1, 0.15) is 52.0 Å². The first-order valence-corrected chi connectivity index (χ1v) is 15.6. The van der Waals surface area contributed by atoms with Crippen molar-refractivity contribution in [2.24, 2.45) is 17.6 Å². The zero-order valence-electron chi connectivity index (χ0n) is 27.5. The van der Waals surface area contributed by atoms with Crippen LogP contribution in [0, 0.1) is 11.8 Å². The lowest BCUT2D eigenvalue weighted by Crippen LogP contribution is -2.54. The van der Waals surface area contributed by atoms with Crippen molar-refractivity contribution in [3.8, 4) is 0 Å². The summed E-state index contributed by atoms with van der Waals surface area (Å²) in [7, 11) is 6.66. The summed E-state index contributed by atoms with van der Waals surface area (Å²) in [5.74, 6) is -1.03. The molecule has 1 aliphatic heterocycles. The highest BCUT2D eigenvalue weighted by molar-refractivity contribution is 5.81. The Kier molecular flexibility index (Phi) is 15.6. The molecule has 1 aromatic carbocycles. The van der Waals surface area contributed by atoms with Crippen molar-refractivity contribution in [1.82, 2.24) is 20.4 Å². The molecule has 1 saturated heterocycles. The Balaban J connectivity index is 2.14. The van der Waals surface area contributed by atoms with Gasteiger partial charge in [-0.2, -0.15) is 0 Å². The van der Waals surface area contributed by atoms with Gasteiger partial charge in [0.05, 0.1) is 43.2 Å². The number of carbonyl (C=O) groups is 4. The number of carbonyl (C=O) groups excluding carboxylic acids is 4. The summed E-state index contributed by atoms with van der Waals surface area (Å²) in [6.07, 6.45) is 2.36. The van der Waals surface area contributed by atoms with Crippen molar-refractivity contribution in [2.75, 3.05) is 53.3 Å². The minimum absolute atomic E-state index is 0.0412. The van der Waals surface area contributed by atoms with Gasteiger partial charge in [-0.3, -0.25) is 19.2 Å². The van der Waals surface area contributed by atoms with Gasteiger partial charge in [0.2, 0.25) is 24.1 Å². The smallest absolute Gasteiger partial charge is 0.242 e. The summed E-state index contributed by atoms with van der Waals surface area (Å²) in [4.78, 5) is 54.1. The molecule has 1 fully saturated rings. The maximum absolute atomic E-state index is 13.8. The molecule has 1 aliphatic rings. The highest BCUT2D eigenvalue weighted by Gasteiger charge is 2.42. The monoisotopic (exact) mass is 618 g/mol. The van der Waals surface area contributed by atoms with Gasteiger partial charge in [0.15, 0.2) is 0 Å². The number of anilines is 1. The lowest BCUT2D eigenvalue weighted by Gasteiger charge is -2.39. The van der Waals surface area contributed by atoms with Crippen LogP contribution < -0.4 is 21.7 Å². The third kappa shape index (κ3) is 9.90. The molecule has 7 atom stereocenters. The maximum Gasteiger partial charge on any atom is 0.242 e. The van der Waals surface area contributed by atoms with E-state index in [1.54, 1.807) is 31.1 Å². The molecule has 5 N–H and O–H groups in total. The molecule has 1 heterocycles. The number of benzene rings is 1. The topological polar surface area (TPSA) is 155 Å². The molecule has 44 heavy (non-hydrogen) atoms. The van der Waals surface area contributed by atoms with Gasteiger partial charge in [0.25, 0.3) is 0 Å². The summed E-state index contributed by atoms with van der Waals surface area (Å²) >= 11 is 0. The summed E-state index contributed by atoms with van der Waals surface area (Å²) in [6, 6.07) is 7.10. The highest BCUT2D eigenvalue weighted by Crippen LogP contribution is 2.29. The number of nitrogens with zero attached hydrogens (tertiary/aromatic N) is 2. The standard InChI is InChI=1S/C32H54N6O6/c1-8-21(2)30(37(5)29(41)19-35-20-39)27(43-6)17-28(40)38-15-9-10-26(38)31(44-7)22(3)32(42)36-25(18-33)16-23-11-13-24(34-4)14-12-23/h11-14,20-22,25-27,30-31,34H,8-10,15-19,33H2,1-7H3,(H,35,39)(H,36,42). The van der Waals surface area contributed by atoms with Gasteiger partial charge < -0.3 is 41.0 Å². The number of ether oxygens (including phenoxy) is 2. The molecular weight excluding hydrogens is 564 g/mol. The van der Waals surface area contributed by atoms with E-state index in [4.69, 9.17) is 15.2 Å². The summed E-state index contributed by atoms with van der Waals surface area (Å²) in [5, 5.41) is 8.60. The number of likely N-dealkylation sites (N-methyl/N-ethyl adjacent to an activating group) is 1. The Labute approximate surface area is 262 Å². The molecule has 4 amide bonds. The zero-order valence-corrected chi connectivity index (χ0v) is 27.5. The van der Waals surface area contributed by atoms with E-state index in [-0.39, 0.29) is 61.3 Å². The van der Waals surface area contributed by atoms with Crippen molar-refractivity contribution in [3.63, 3.8) is 0 Å². The molecule has 0 saturated carbocycles. The van der Waals surface area contributed by atoms with Crippen molar-refractivity contribution in [2.45, 2.75) is 83.2 Å². The van der Waals surface area contributed by atoms with Gasteiger partial charge in [-0.1, -0.05) is 39.3 Å². The fraction of sp³-hybridized carbons (Fsp3) is 0.688. The third-order valence-corrected chi connectivity index (χ3v) is 9.00. The quantitative estimate of drug-likeness (QED) is 0.170. The van der Waals surface area contributed by atoms with Gasteiger partial charge in [-0.05, 0) is 42.9 Å². The van der Waals surface area contributed by atoms with Crippen molar-refractivity contribution in [3.05, 3.63) is 29.8 Å². The van der Waals surface area contributed by atoms with E-state index in [1.165, 1.54) is 0 Å². The predicted molar refractivity (Wildman–Crippen MR) is 171 cm³/mol. The molecule has 0 aromatic heterocycles. The van der Waals surface area contributed by atoms with Crippen LogP contribution in [-0.2, 0) is 35.1 Å². The molecule has 0 bridgehead atoms. The first-order valence-electron chi connectivity index (χ1n) is 15.6. The predicted octanol–water partition coefficient (Wildman–Crippen LogP) is 1.38. The summed E-state index contributed by atoms with van der Waals surface area (Å²) in [5.41, 5.74) is 8.11. The summed E-state index contributed by atoms with van der Waals surface area (Å²) < 4.78 is 11.7. The van der Waals surface area contributed by atoms with E-state index in [0.29, 0.717) is 25.8 Å². The third-order valence-electron chi connectivity index (χ3n) is 9.00. The lowest BCUT2D eigenvalue weighted by atomic mass is 9.90. The van der Waals surface area contributed by atoms with Crippen molar-refractivity contribution >= 4 is 29.8 Å². The Morgan fingerprint density at radius 2 is 1.84 bits per heavy atom. The number of likely N-dealkylation sites (tertiary alicyclic amines) is 1. The second-order valence-electron chi connectivity index (χ2n) is 11.7. The van der Waals surface area contributed by atoms with Gasteiger partial charge in [-0.15, -0.1) is 0 Å². The molecule has 2 rings (SSSR count). The van der Waals surface area contributed by atoms with Crippen LogP contribution in [-0.4, -0.2) is 112 Å². The van der Waals surface area contributed by atoms with Gasteiger partial charge >= 0.3 is 0 Å². The number of hydrogen-bond donors (Lipinski definition) is 4. The number of hydrogen-bond acceptors (Lipinski definition) is 8. The van der Waals surface area contributed by atoms with E-state index in [2.05, 4.69) is 16.0 Å². The minimum atomic E-state index is -0.557. The molecule has 0 spiro atoms. The van der Waals surface area contributed by atoms with Gasteiger partial charge in [0, 0.05) is 53.1 Å². The van der Waals surface area contributed by atoms with E-state index < -0.39 is 18.1 Å². The Morgan fingerprint density at radius 1 is 1.16 bits per heavy atom. The summed E-state index contributed by atoms with van der Waals surface area (Å²) in [6.45, 7) is 6.57. The Morgan fingerprint density at radius 3 is 2.39 bits per heavy atom. The van der Waals surface area contributed by atoms with E-state index in [1.807, 2.05) is 52.1 Å². The van der Waals surface area contributed by atoms with Crippen LogP contribution in [0.25, 0.3) is 0 Å². The molecule has 0 radical (unpaired) electrons. The SMILES string of the molecule is CCC(C)C(C(CC(=O)N1CCCC1C(OC)C(C)C(=O)NC(CN)Cc1ccc(NC)cc1)OC)N(C)C(=O)CNC=O. The molecule has 1 aromatic rings. The van der Waals surface area contributed by atoms with Crippen LogP contribution in [0.4, 0.5) is 5.69 Å². The second-order valence-corrected chi connectivity index (χ2v) is 11.7. The number of amides is 4. The highest BCUT2D eigenvalue weighted by atomic mass is 16.5. The van der Waals surface area contributed by atoms with Crippen LogP contribution in [0.15, 0.2) is 24.3 Å². The van der Waals surface area contributed by atoms with Crippen LogP contribution in [0.3, 0.4) is 0 Å². The fourth-order valence-corrected chi connectivity index (χ4v) is 6.20. The lowest BCUT2D eigenvalue weighted by molar-refractivity contribution is -0.145. The average Bonchev–Trinajstić information content (AvgIpc) is 3.52. The largest absolute Gasteiger partial charge is 0.388 e. The average molecular weight is 619 g/mol. The van der Waals surface area contributed by atoms with Crippen molar-refractivity contribution < 1.29 is 28.7 Å². The first-order chi connectivity index (χ1) is 21.1.